The molecule has 0 bridgehead atoms. The van der Waals surface area contributed by atoms with Crippen LogP contribution in [0.4, 0.5) is 0 Å². The average molecular weight is 252 g/mol. The molecule has 0 aliphatic heterocycles. The third-order valence-corrected chi connectivity index (χ3v) is 3.16. The molecule has 2 N–H and O–H groups in total. The van der Waals surface area contributed by atoms with Crippen molar-refractivity contribution in [2.24, 2.45) is 12.8 Å². The van der Waals surface area contributed by atoms with Crippen LogP contribution in [0.15, 0.2) is 18.2 Å². The van der Waals surface area contributed by atoms with Gasteiger partial charge in [0.1, 0.15) is 5.82 Å². The summed E-state index contributed by atoms with van der Waals surface area (Å²) in [6.45, 7) is 4.07. The zero-order valence-electron chi connectivity index (χ0n) is 10.5. The summed E-state index contributed by atoms with van der Waals surface area (Å²) in [6.07, 6.45) is 1.80. The van der Waals surface area contributed by atoms with Crippen LogP contribution in [-0.2, 0) is 13.5 Å². The van der Waals surface area contributed by atoms with Crippen molar-refractivity contribution >= 4 is 22.6 Å². The first kappa shape index (κ1) is 12.4. The zero-order valence-corrected chi connectivity index (χ0v) is 11.3. The molecule has 3 nitrogen and oxygen atoms in total. The molecule has 1 aromatic carbocycles. The second-order valence-electron chi connectivity index (χ2n) is 5.21. The Bertz CT molecular complexity index is 537. The van der Waals surface area contributed by atoms with Gasteiger partial charge in [-0.2, -0.15) is 0 Å². The summed E-state index contributed by atoms with van der Waals surface area (Å²) >= 11 is 5.96. The van der Waals surface area contributed by atoms with Crippen LogP contribution in [0.3, 0.4) is 0 Å². The molecule has 0 spiro atoms. The number of hydrogen-bond donors (Lipinski definition) is 1. The van der Waals surface area contributed by atoms with Gasteiger partial charge in [-0.25, -0.2) is 4.98 Å². The highest BCUT2D eigenvalue weighted by molar-refractivity contribution is 6.31. The molecule has 0 saturated heterocycles. The Labute approximate surface area is 107 Å². The number of benzene rings is 1. The number of nitrogens with zero attached hydrogens (tertiary/aromatic N) is 2. The highest BCUT2D eigenvalue weighted by Gasteiger charge is 2.14. The van der Waals surface area contributed by atoms with Crippen molar-refractivity contribution < 1.29 is 0 Å². The van der Waals surface area contributed by atoms with Gasteiger partial charge in [0.2, 0.25) is 0 Å². The quantitative estimate of drug-likeness (QED) is 0.912. The monoisotopic (exact) mass is 251 g/mol. The minimum Gasteiger partial charge on any atom is -0.331 e. The highest BCUT2D eigenvalue weighted by Crippen LogP contribution is 2.21. The highest BCUT2D eigenvalue weighted by atomic mass is 35.5. The number of halogens is 1. The lowest BCUT2D eigenvalue weighted by Gasteiger charge is -2.17. The van der Waals surface area contributed by atoms with Crippen LogP contribution in [0.25, 0.3) is 11.0 Å². The van der Waals surface area contributed by atoms with Crippen LogP contribution in [0.1, 0.15) is 26.1 Å². The van der Waals surface area contributed by atoms with E-state index in [2.05, 4.69) is 9.55 Å². The number of hydrogen-bond acceptors (Lipinski definition) is 2. The van der Waals surface area contributed by atoms with Gasteiger partial charge in [-0.1, -0.05) is 11.6 Å². The molecule has 0 atom stereocenters. The molecule has 1 aromatic heterocycles. The van der Waals surface area contributed by atoms with Crippen LogP contribution < -0.4 is 5.73 Å². The molecule has 0 aliphatic carbocycles. The van der Waals surface area contributed by atoms with Crippen LogP contribution in [0.5, 0.6) is 0 Å². The fraction of sp³-hybridized carbons (Fsp3) is 0.462. The second-order valence-corrected chi connectivity index (χ2v) is 5.65. The Morgan fingerprint density at radius 1 is 1.41 bits per heavy atom. The smallest absolute Gasteiger partial charge is 0.109 e. The lowest BCUT2D eigenvalue weighted by atomic mass is 10.00. The number of imidazole rings is 1. The predicted octanol–water partition coefficient (Wildman–Crippen LogP) is 2.90. The summed E-state index contributed by atoms with van der Waals surface area (Å²) in [7, 11) is 2.03. The molecular formula is C13H18ClN3. The molecule has 0 aliphatic rings. The standard InChI is InChI=1S/C13H18ClN3/c1-13(2,15)7-6-12-16-10-8-9(14)4-5-11(10)17(12)3/h4-5,8H,6-7,15H2,1-3H3. The molecule has 0 amide bonds. The van der Waals surface area contributed by atoms with E-state index in [1.807, 2.05) is 39.1 Å². The third-order valence-electron chi connectivity index (χ3n) is 2.93. The van der Waals surface area contributed by atoms with Gasteiger partial charge >= 0.3 is 0 Å². The van der Waals surface area contributed by atoms with Crippen molar-refractivity contribution in [1.29, 1.82) is 0 Å². The van der Waals surface area contributed by atoms with Crippen molar-refractivity contribution in [3.8, 4) is 0 Å². The lowest BCUT2D eigenvalue weighted by Crippen LogP contribution is -2.32. The second kappa shape index (κ2) is 4.31. The minimum atomic E-state index is -0.157. The summed E-state index contributed by atoms with van der Waals surface area (Å²) in [4.78, 5) is 4.60. The van der Waals surface area contributed by atoms with Crippen LogP contribution in [0.2, 0.25) is 5.02 Å². The van der Waals surface area contributed by atoms with E-state index >= 15 is 0 Å². The van der Waals surface area contributed by atoms with Crippen molar-refractivity contribution in [3.63, 3.8) is 0 Å². The Hall–Kier alpha value is -1.06. The summed E-state index contributed by atoms with van der Waals surface area (Å²) < 4.78 is 2.11. The number of aromatic nitrogens is 2. The fourth-order valence-electron chi connectivity index (χ4n) is 1.88. The van der Waals surface area contributed by atoms with E-state index in [1.54, 1.807) is 0 Å². The summed E-state index contributed by atoms with van der Waals surface area (Å²) in [5, 5.41) is 0.723. The number of aryl methyl sites for hydroxylation is 2. The van der Waals surface area contributed by atoms with Crippen molar-refractivity contribution in [2.75, 3.05) is 0 Å². The first-order chi connectivity index (χ1) is 7.87. The molecule has 2 rings (SSSR count). The summed E-state index contributed by atoms with van der Waals surface area (Å²) in [5.74, 6) is 1.06. The van der Waals surface area contributed by atoms with E-state index in [0.717, 1.165) is 34.7 Å². The van der Waals surface area contributed by atoms with Gasteiger partial charge in [-0.05, 0) is 38.5 Å². The minimum absolute atomic E-state index is 0.157. The molecule has 0 radical (unpaired) electrons. The molecule has 0 saturated carbocycles. The van der Waals surface area contributed by atoms with E-state index in [9.17, 15) is 0 Å². The van der Waals surface area contributed by atoms with Crippen LogP contribution in [0, 0.1) is 0 Å². The normalized spacial score (nSPS) is 12.3. The largest absolute Gasteiger partial charge is 0.331 e. The molecule has 1 heterocycles. The molecule has 92 valence electrons. The Kier molecular flexibility index (Phi) is 3.15. The van der Waals surface area contributed by atoms with Gasteiger partial charge in [0, 0.05) is 24.0 Å². The SMILES string of the molecule is Cn1c(CCC(C)(C)N)nc2cc(Cl)ccc21. The maximum absolute atomic E-state index is 5.99. The van der Waals surface area contributed by atoms with Gasteiger partial charge in [-0.3, -0.25) is 0 Å². The van der Waals surface area contributed by atoms with Gasteiger partial charge in [0.25, 0.3) is 0 Å². The molecule has 2 aromatic rings. The first-order valence-corrected chi connectivity index (χ1v) is 6.14. The van der Waals surface area contributed by atoms with Crippen molar-refractivity contribution in [3.05, 3.63) is 29.0 Å². The van der Waals surface area contributed by atoms with Crippen LogP contribution in [-0.4, -0.2) is 15.1 Å². The summed E-state index contributed by atoms with van der Waals surface area (Å²) in [5.41, 5.74) is 7.90. The van der Waals surface area contributed by atoms with E-state index < -0.39 is 0 Å². The topological polar surface area (TPSA) is 43.8 Å². The predicted molar refractivity (Wildman–Crippen MR) is 72.3 cm³/mol. The van der Waals surface area contributed by atoms with Gasteiger partial charge in [-0.15, -0.1) is 0 Å². The van der Waals surface area contributed by atoms with Gasteiger partial charge in [0.05, 0.1) is 11.0 Å². The molecular weight excluding hydrogens is 234 g/mol. The maximum atomic E-state index is 5.99. The van der Waals surface area contributed by atoms with Crippen molar-refractivity contribution in [1.82, 2.24) is 9.55 Å². The Morgan fingerprint density at radius 3 is 2.76 bits per heavy atom. The van der Waals surface area contributed by atoms with E-state index in [4.69, 9.17) is 17.3 Å². The number of nitrogens with two attached hydrogens (primary N) is 1. The average Bonchev–Trinajstić information content (AvgIpc) is 2.51. The number of fused-ring (bicyclic) bond motifs is 1. The Morgan fingerprint density at radius 2 is 2.12 bits per heavy atom. The van der Waals surface area contributed by atoms with E-state index in [1.165, 1.54) is 0 Å². The third kappa shape index (κ3) is 2.79. The first-order valence-electron chi connectivity index (χ1n) is 5.76. The summed E-state index contributed by atoms with van der Waals surface area (Å²) in [6, 6.07) is 5.79. The fourth-order valence-corrected chi connectivity index (χ4v) is 2.05. The molecule has 0 fully saturated rings. The lowest BCUT2D eigenvalue weighted by molar-refractivity contribution is 0.468. The molecule has 17 heavy (non-hydrogen) atoms. The van der Waals surface area contributed by atoms with Crippen molar-refractivity contribution in [2.45, 2.75) is 32.2 Å². The maximum Gasteiger partial charge on any atom is 0.109 e. The molecule has 4 heteroatoms. The Balaban J connectivity index is 2.32. The van der Waals surface area contributed by atoms with E-state index in [-0.39, 0.29) is 5.54 Å². The van der Waals surface area contributed by atoms with Gasteiger partial charge < -0.3 is 10.3 Å². The van der Waals surface area contributed by atoms with Gasteiger partial charge in [0.15, 0.2) is 0 Å². The molecule has 0 unspecified atom stereocenters. The zero-order chi connectivity index (χ0) is 12.6. The number of rotatable bonds is 3. The van der Waals surface area contributed by atoms with Crippen LogP contribution >= 0.6 is 11.6 Å². The van der Waals surface area contributed by atoms with E-state index in [0.29, 0.717) is 0 Å².